The molecular formula is C9H15NO2S. The molecule has 3 nitrogen and oxygen atoms in total. The van der Waals surface area contributed by atoms with Crippen LogP contribution < -0.4 is 10.5 Å². The number of hydrogen-bond donors (Lipinski definition) is 2. The Kier molecular flexibility index (Phi) is 2.95. The highest BCUT2D eigenvalue weighted by atomic mass is 32.1. The van der Waals surface area contributed by atoms with Crippen molar-refractivity contribution in [2.75, 3.05) is 7.11 Å². The Labute approximate surface area is 82.1 Å². The summed E-state index contributed by atoms with van der Waals surface area (Å²) in [5.41, 5.74) is 4.70. The van der Waals surface area contributed by atoms with Crippen LogP contribution in [0.1, 0.15) is 18.7 Å². The van der Waals surface area contributed by atoms with Gasteiger partial charge in [0.15, 0.2) is 5.06 Å². The molecule has 0 radical (unpaired) electrons. The Hall–Kier alpha value is -0.580. The van der Waals surface area contributed by atoms with Crippen molar-refractivity contribution in [3.8, 4) is 5.06 Å². The molecule has 0 aliphatic heterocycles. The van der Waals surface area contributed by atoms with Gasteiger partial charge in [0.1, 0.15) is 5.60 Å². The van der Waals surface area contributed by atoms with Gasteiger partial charge in [-0.05, 0) is 26.0 Å². The van der Waals surface area contributed by atoms with Crippen LogP contribution in [0.3, 0.4) is 0 Å². The van der Waals surface area contributed by atoms with Gasteiger partial charge in [-0.1, -0.05) is 0 Å². The third-order valence-corrected chi connectivity index (χ3v) is 3.44. The van der Waals surface area contributed by atoms with Crippen LogP contribution in [-0.2, 0) is 5.60 Å². The zero-order chi connectivity index (χ0) is 10.1. The average molecular weight is 201 g/mol. The predicted octanol–water partition coefficient (Wildman–Crippen LogP) is 1.31. The minimum Gasteiger partial charge on any atom is -0.487 e. The van der Waals surface area contributed by atoms with Crippen LogP contribution in [0.2, 0.25) is 0 Å². The number of aliphatic hydroxyl groups is 1. The normalized spacial score (nSPS) is 17.9. The van der Waals surface area contributed by atoms with Crippen LogP contribution in [0, 0.1) is 0 Å². The molecule has 0 fully saturated rings. The molecule has 0 aliphatic carbocycles. The van der Waals surface area contributed by atoms with Gasteiger partial charge < -0.3 is 15.6 Å². The molecule has 0 aliphatic rings. The van der Waals surface area contributed by atoms with E-state index in [1.165, 1.54) is 11.3 Å². The molecule has 1 heterocycles. The standard InChI is InChI=1S/C9H15NO2S/c1-6(10)9(2,11)7-4-5-8(12-3)13-7/h4-6,11H,10H2,1-3H3. The lowest BCUT2D eigenvalue weighted by Crippen LogP contribution is -2.39. The van der Waals surface area contributed by atoms with Crippen LogP contribution in [0.15, 0.2) is 12.1 Å². The first-order chi connectivity index (χ1) is 5.98. The maximum absolute atomic E-state index is 10.0. The van der Waals surface area contributed by atoms with E-state index in [0.29, 0.717) is 0 Å². The molecule has 0 amide bonds. The van der Waals surface area contributed by atoms with E-state index in [2.05, 4.69) is 0 Å². The minimum atomic E-state index is -0.971. The molecule has 74 valence electrons. The van der Waals surface area contributed by atoms with Gasteiger partial charge >= 0.3 is 0 Å². The van der Waals surface area contributed by atoms with Crippen LogP contribution in [0.4, 0.5) is 0 Å². The fourth-order valence-electron chi connectivity index (χ4n) is 0.926. The van der Waals surface area contributed by atoms with E-state index in [-0.39, 0.29) is 6.04 Å². The van der Waals surface area contributed by atoms with Crippen LogP contribution in [-0.4, -0.2) is 18.3 Å². The molecule has 0 spiro atoms. The number of methoxy groups -OCH3 is 1. The van der Waals surface area contributed by atoms with Crippen molar-refractivity contribution in [1.82, 2.24) is 0 Å². The minimum absolute atomic E-state index is 0.296. The van der Waals surface area contributed by atoms with Gasteiger partial charge in [0.25, 0.3) is 0 Å². The van der Waals surface area contributed by atoms with E-state index in [1.54, 1.807) is 21.0 Å². The summed E-state index contributed by atoms with van der Waals surface area (Å²) in [6, 6.07) is 3.37. The molecule has 4 heteroatoms. The molecule has 0 bridgehead atoms. The Balaban J connectivity index is 2.93. The summed E-state index contributed by atoms with van der Waals surface area (Å²) in [5.74, 6) is 0. The topological polar surface area (TPSA) is 55.5 Å². The first-order valence-electron chi connectivity index (χ1n) is 4.10. The van der Waals surface area contributed by atoms with Crippen molar-refractivity contribution in [2.45, 2.75) is 25.5 Å². The highest BCUT2D eigenvalue weighted by Crippen LogP contribution is 2.33. The van der Waals surface area contributed by atoms with E-state index >= 15 is 0 Å². The highest BCUT2D eigenvalue weighted by molar-refractivity contribution is 7.14. The molecule has 3 N–H and O–H groups in total. The number of hydrogen-bond acceptors (Lipinski definition) is 4. The number of ether oxygens (including phenoxy) is 1. The van der Waals surface area contributed by atoms with Gasteiger partial charge in [-0.3, -0.25) is 0 Å². The van der Waals surface area contributed by atoms with Gasteiger partial charge in [0.05, 0.1) is 7.11 Å². The van der Waals surface area contributed by atoms with E-state index in [1.807, 2.05) is 12.1 Å². The van der Waals surface area contributed by atoms with E-state index < -0.39 is 5.60 Å². The smallest absolute Gasteiger partial charge is 0.173 e. The Morgan fingerprint density at radius 2 is 2.23 bits per heavy atom. The van der Waals surface area contributed by atoms with Crippen molar-refractivity contribution in [3.63, 3.8) is 0 Å². The van der Waals surface area contributed by atoms with Gasteiger partial charge in [-0.15, -0.1) is 11.3 Å². The molecule has 0 saturated carbocycles. The van der Waals surface area contributed by atoms with Crippen molar-refractivity contribution < 1.29 is 9.84 Å². The third kappa shape index (κ3) is 2.02. The molecule has 0 aromatic carbocycles. The summed E-state index contributed by atoms with van der Waals surface area (Å²) in [6.45, 7) is 3.50. The molecule has 0 saturated heterocycles. The fourth-order valence-corrected chi connectivity index (χ4v) is 1.89. The molecule has 1 aromatic heterocycles. The SMILES string of the molecule is COc1ccc(C(C)(O)C(C)N)s1. The average Bonchev–Trinajstić information content (AvgIpc) is 2.51. The molecule has 1 rings (SSSR count). The summed E-state index contributed by atoms with van der Waals surface area (Å²) in [6.07, 6.45) is 0. The van der Waals surface area contributed by atoms with E-state index in [9.17, 15) is 5.11 Å². The van der Waals surface area contributed by atoms with E-state index in [4.69, 9.17) is 10.5 Å². The maximum Gasteiger partial charge on any atom is 0.173 e. The molecule has 1 aromatic rings. The second-order valence-corrected chi connectivity index (χ2v) is 4.31. The van der Waals surface area contributed by atoms with Crippen LogP contribution >= 0.6 is 11.3 Å². The summed E-state index contributed by atoms with van der Waals surface area (Å²) in [5, 5.41) is 10.8. The van der Waals surface area contributed by atoms with Crippen LogP contribution in [0.5, 0.6) is 5.06 Å². The third-order valence-electron chi connectivity index (χ3n) is 2.17. The van der Waals surface area contributed by atoms with Gasteiger partial charge in [-0.2, -0.15) is 0 Å². The second-order valence-electron chi connectivity index (χ2n) is 3.26. The zero-order valence-corrected chi connectivity index (χ0v) is 8.89. The lowest BCUT2D eigenvalue weighted by atomic mass is 9.97. The number of rotatable bonds is 3. The van der Waals surface area contributed by atoms with Gasteiger partial charge in [0.2, 0.25) is 0 Å². The zero-order valence-electron chi connectivity index (χ0n) is 8.07. The summed E-state index contributed by atoms with van der Waals surface area (Å²) >= 11 is 1.42. The first-order valence-corrected chi connectivity index (χ1v) is 4.92. The summed E-state index contributed by atoms with van der Waals surface area (Å²) < 4.78 is 5.04. The first kappa shape index (κ1) is 10.5. The molecule has 2 atom stereocenters. The quantitative estimate of drug-likeness (QED) is 0.775. The largest absolute Gasteiger partial charge is 0.487 e. The Morgan fingerprint density at radius 1 is 1.62 bits per heavy atom. The maximum atomic E-state index is 10.0. The summed E-state index contributed by atoms with van der Waals surface area (Å²) in [4.78, 5) is 0.833. The Morgan fingerprint density at radius 3 is 2.62 bits per heavy atom. The lowest BCUT2D eigenvalue weighted by Gasteiger charge is -2.25. The second kappa shape index (κ2) is 3.65. The van der Waals surface area contributed by atoms with Crippen molar-refractivity contribution in [2.24, 2.45) is 5.73 Å². The van der Waals surface area contributed by atoms with E-state index in [0.717, 1.165) is 9.94 Å². The number of nitrogens with two attached hydrogens (primary N) is 1. The fraction of sp³-hybridized carbons (Fsp3) is 0.556. The molecule has 13 heavy (non-hydrogen) atoms. The van der Waals surface area contributed by atoms with Gasteiger partial charge in [-0.25, -0.2) is 0 Å². The monoisotopic (exact) mass is 201 g/mol. The molecule has 2 unspecified atom stereocenters. The molecular weight excluding hydrogens is 186 g/mol. The highest BCUT2D eigenvalue weighted by Gasteiger charge is 2.29. The number of thiophene rings is 1. The Bertz CT molecular complexity index is 281. The van der Waals surface area contributed by atoms with Crippen LogP contribution in [0.25, 0.3) is 0 Å². The van der Waals surface area contributed by atoms with Crippen molar-refractivity contribution in [1.29, 1.82) is 0 Å². The van der Waals surface area contributed by atoms with Crippen molar-refractivity contribution in [3.05, 3.63) is 17.0 Å². The summed E-state index contributed by atoms with van der Waals surface area (Å²) in [7, 11) is 1.61. The predicted molar refractivity (Wildman–Crippen MR) is 54.1 cm³/mol. The lowest BCUT2D eigenvalue weighted by molar-refractivity contribution is 0.0386. The van der Waals surface area contributed by atoms with Gasteiger partial charge in [0, 0.05) is 10.9 Å². The van der Waals surface area contributed by atoms with Crippen molar-refractivity contribution >= 4 is 11.3 Å².